The second kappa shape index (κ2) is 10.1. The molecule has 204 valence electrons. The number of fused-ring (bicyclic) bond motifs is 2. The zero-order chi connectivity index (χ0) is 27.9. The summed E-state index contributed by atoms with van der Waals surface area (Å²) < 4.78 is 14.0. The summed E-state index contributed by atoms with van der Waals surface area (Å²) >= 11 is 0. The van der Waals surface area contributed by atoms with Crippen molar-refractivity contribution in [3.63, 3.8) is 0 Å². The van der Waals surface area contributed by atoms with Crippen LogP contribution in [0.25, 0.3) is 55.7 Å². The molecule has 5 aromatic heterocycles. The minimum atomic E-state index is -0.542. The number of nitrogens with one attached hydrogen (secondary N) is 3. The summed E-state index contributed by atoms with van der Waals surface area (Å²) in [5, 5.41) is 22.2. The number of carbonyl (C=O) groups is 1. The molecule has 41 heavy (non-hydrogen) atoms. The van der Waals surface area contributed by atoms with Crippen LogP contribution >= 0.6 is 0 Å². The number of carbonyl (C=O) groups excluding carboxylic acids is 1. The topological polar surface area (TPSA) is 132 Å². The summed E-state index contributed by atoms with van der Waals surface area (Å²) in [7, 11) is 0. The van der Waals surface area contributed by atoms with Gasteiger partial charge in [0.2, 0.25) is 5.91 Å². The minimum Gasteiger partial charge on any atom is -0.508 e. The Bertz CT molecular complexity index is 1900. The number of phenols is 1. The van der Waals surface area contributed by atoms with Gasteiger partial charge in [-0.25, -0.2) is 4.39 Å². The minimum absolute atomic E-state index is 0.0466. The van der Waals surface area contributed by atoms with Crippen molar-refractivity contribution in [2.24, 2.45) is 5.92 Å². The number of halogens is 1. The molecule has 1 saturated carbocycles. The summed E-state index contributed by atoms with van der Waals surface area (Å²) in [4.78, 5) is 29.6. The maximum atomic E-state index is 14.0. The number of phenolic OH excluding ortho intramolecular Hbond substituents is 1. The Morgan fingerprint density at radius 1 is 0.902 bits per heavy atom. The van der Waals surface area contributed by atoms with Crippen LogP contribution in [0.15, 0.2) is 67.3 Å². The van der Waals surface area contributed by atoms with Gasteiger partial charge >= 0.3 is 0 Å². The van der Waals surface area contributed by atoms with Gasteiger partial charge in [-0.3, -0.25) is 24.8 Å². The normalized spacial score (nSPS) is 14.1. The molecule has 1 aliphatic rings. The van der Waals surface area contributed by atoms with Crippen LogP contribution in [0.5, 0.6) is 5.75 Å². The number of H-pyrrole nitrogens is 2. The average molecular weight is 548 g/mol. The summed E-state index contributed by atoms with van der Waals surface area (Å²) in [5.74, 6) is -0.612. The number of pyridine rings is 3. The highest BCUT2D eigenvalue weighted by Gasteiger charge is 2.21. The van der Waals surface area contributed by atoms with E-state index in [1.54, 1.807) is 24.8 Å². The van der Waals surface area contributed by atoms with Gasteiger partial charge in [0.1, 0.15) is 17.3 Å². The van der Waals surface area contributed by atoms with Gasteiger partial charge in [0.05, 0.1) is 40.7 Å². The molecule has 1 amide bonds. The summed E-state index contributed by atoms with van der Waals surface area (Å²) in [6.07, 6.45) is 12.0. The van der Waals surface area contributed by atoms with Gasteiger partial charge < -0.3 is 15.4 Å². The molecule has 1 aromatic carbocycles. The van der Waals surface area contributed by atoms with E-state index in [9.17, 15) is 14.3 Å². The molecule has 6 aromatic rings. The van der Waals surface area contributed by atoms with Crippen molar-refractivity contribution < 1.29 is 14.3 Å². The number of aromatic amines is 2. The van der Waals surface area contributed by atoms with Gasteiger partial charge in [-0.15, -0.1) is 0 Å². The molecule has 5 heterocycles. The van der Waals surface area contributed by atoms with Gasteiger partial charge in [0, 0.05) is 51.8 Å². The van der Waals surface area contributed by atoms with E-state index >= 15 is 0 Å². The Morgan fingerprint density at radius 2 is 1.76 bits per heavy atom. The van der Waals surface area contributed by atoms with Crippen molar-refractivity contribution in [3.05, 3.63) is 73.1 Å². The molecule has 1 aliphatic carbocycles. The van der Waals surface area contributed by atoms with E-state index in [-0.39, 0.29) is 17.6 Å². The van der Waals surface area contributed by atoms with Crippen LogP contribution in [0.2, 0.25) is 0 Å². The van der Waals surface area contributed by atoms with Crippen molar-refractivity contribution in [3.8, 4) is 39.7 Å². The first kappa shape index (κ1) is 24.9. The molecule has 4 N–H and O–H groups in total. The van der Waals surface area contributed by atoms with Crippen LogP contribution in [-0.2, 0) is 4.79 Å². The SMILES string of the molecule is O=C(Nc1cncc(-c2cc3c(-c4cc5c(-c6cc(O)cc(F)c6)nccc5[nH]4)n[nH]c3cn2)c1)C1CCCCC1. The third kappa shape index (κ3) is 4.77. The lowest BCUT2D eigenvalue weighted by Crippen LogP contribution is -2.24. The van der Waals surface area contributed by atoms with Crippen molar-refractivity contribution in [1.29, 1.82) is 0 Å². The molecule has 0 saturated heterocycles. The fraction of sp³-hybridized carbons (Fsp3) is 0.194. The fourth-order valence-corrected chi connectivity index (χ4v) is 5.66. The average Bonchev–Trinajstić information content (AvgIpc) is 3.61. The monoisotopic (exact) mass is 547 g/mol. The third-order valence-corrected chi connectivity index (χ3v) is 7.68. The molecule has 0 bridgehead atoms. The maximum absolute atomic E-state index is 14.0. The van der Waals surface area contributed by atoms with Crippen molar-refractivity contribution >= 4 is 33.4 Å². The number of aromatic nitrogens is 6. The first-order valence-corrected chi connectivity index (χ1v) is 13.6. The summed E-state index contributed by atoms with van der Waals surface area (Å²) in [6, 6.07) is 11.5. The molecule has 0 unspecified atom stereocenters. The quantitative estimate of drug-likeness (QED) is 0.192. The molecule has 9 nitrogen and oxygen atoms in total. The van der Waals surface area contributed by atoms with Crippen LogP contribution < -0.4 is 5.32 Å². The number of benzene rings is 1. The fourth-order valence-electron chi connectivity index (χ4n) is 5.66. The van der Waals surface area contributed by atoms with Crippen molar-refractivity contribution in [1.82, 2.24) is 30.1 Å². The van der Waals surface area contributed by atoms with Gasteiger partial charge in [-0.05, 0) is 49.2 Å². The zero-order valence-corrected chi connectivity index (χ0v) is 22.0. The second-order valence-corrected chi connectivity index (χ2v) is 10.5. The lowest BCUT2D eigenvalue weighted by atomic mass is 9.88. The predicted molar refractivity (Wildman–Crippen MR) is 154 cm³/mol. The zero-order valence-electron chi connectivity index (χ0n) is 22.0. The second-order valence-electron chi connectivity index (χ2n) is 10.5. The Labute approximate surface area is 233 Å². The lowest BCUT2D eigenvalue weighted by molar-refractivity contribution is -0.120. The van der Waals surface area contributed by atoms with E-state index < -0.39 is 5.82 Å². The molecular formula is C31H26FN7O2. The first-order chi connectivity index (χ1) is 20.0. The number of amides is 1. The van der Waals surface area contributed by atoms with Gasteiger partial charge in [0.25, 0.3) is 0 Å². The van der Waals surface area contributed by atoms with Gasteiger partial charge in [-0.1, -0.05) is 19.3 Å². The highest BCUT2D eigenvalue weighted by atomic mass is 19.1. The number of rotatable bonds is 5. The molecule has 0 spiro atoms. The highest BCUT2D eigenvalue weighted by molar-refractivity contribution is 6.00. The largest absolute Gasteiger partial charge is 0.508 e. The molecule has 0 radical (unpaired) electrons. The summed E-state index contributed by atoms with van der Waals surface area (Å²) in [6.45, 7) is 0. The van der Waals surface area contributed by atoms with E-state index in [0.29, 0.717) is 28.3 Å². The Morgan fingerprint density at radius 3 is 2.61 bits per heavy atom. The van der Waals surface area contributed by atoms with Crippen LogP contribution in [0.3, 0.4) is 0 Å². The number of hydrogen-bond acceptors (Lipinski definition) is 6. The Kier molecular flexibility index (Phi) is 6.15. The molecular weight excluding hydrogens is 521 g/mol. The Balaban J connectivity index is 1.23. The van der Waals surface area contributed by atoms with E-state index in [2.05, 4.69) is 35.5 Å². The molecule has 0 atom stereocenters. The van der Waals surface area contributed by atoms with E-state index in [4.69, 9.17) is 0 Å². The first-order valence-electron chi connectivity index (χ1n) is 13.6. The van der Waals surface area contributed by atoms with E-state index in [0.717, 1.165) is 64.8 Å². The van der Waals surface area contributed by atoms with Crippen LogP contribution in [0.4, 0.5) is 10.1 Å². The molecule has 10 heteroatoms. The summed E-state index contributed by atoms with van der Waals surface area (Å²) in [5.41, 5.74) is 6.10. The lowest BCUT2D eigenvalue weighted by Gasteiger charge is -2.20. The van der Waals surface area contributed by atoms with Crippen LogP contribution in [0, 0.1) is 11.7 Å². The number of aromatic hydroxyl groups is 1. The van der Waals surface area contributed by atoms with E-state index in [1.165, 1.54) is 18.6 Å². The smallest absolute Gasteiger partial charge is 0.227 e. The number of nitrogens with zero attached hydrogens (tertiary/aromatic N) is 4. The van der Waals surface area contributed by atoms with E-state index in [1.807, 2.05) is 24.3 Å². The highest BCUT2D eigenvalue weighted by Crippen LogP contribution is 2.35. The standard InChI is InChI=1S/C31H26FN7O2/c32-20-8-18(10-22(40)11-20)29-23-13-27(37-25(23)6-7-34-29)30-24-12-26(35-16-28(24)38-39-30)19-9-21(15-33-14-19)36-31(41)17-4-2-1-3-5-17/h6-17,37,40H,1-5H2,(H,36,41)(H,38,39). The van der Waals surface area contributed by atoms with Crippen LogP contribution in [0.1, 0.15) is 32.1 Å². The van der Waals surface area contributed by atoms with Gasteiger partial charge in [0.15, 0.2) is 0 Å². The predicted octanol–water partition coefficient (Wildman–Crippen LogP) is 6.59. The third-order valence-electron chi connectivity index (χ3n) is 7.68. The van der Waals surface area contributed by atoms with Crippen molar-refractivity contribution in [2.45, 2.75) is 32.1 Å². The van der Waals surface area contributed by atoms with Crippen molar-refractivity contribution in [2.75, 3.05) is 5.32 Å². The number of hydrogen-bond donors (Lipinski definition) is 4. The molecule has 1 fully saturated rings. The Hall–Kier alpha value is -5.12. The van der Waals surface area contributed by atoms with Crippen LogP contribution in [-0.4, -0.2) is 41.1 Å². The molecule has 0 aliphatic heterocycles. The maximum Gasteiger partial charge on any atom is 0.227 e. The molecule has 7 rings (SSSR count). The number of anilines is 1. The van der Waals surface area contributed by atoms with Gasteiger partial charge in [-0.2, -0.15) is 5.10 Å².